The Kier molecular flexibility index (Phi) is 8.16. The summed E-state index contributed by atoms with van der Waals surface area (Å²) in [5.41, 5.74) is -0.00736. The Balaban J connectivity index is 2.09. The van der Waals surface area contributed by atoms with E-state index < -0.39 is 14.9 Å². The molecule has 0 bridgehead atoms. The van der Waals surface area contributed by atoms with E-state index in [2.05, 4.69) is 10.0 Å². The fourth-order valence-corrected chi connectivity index (χ4v) is 4.31. The number of benzene rings is 1. The number of nitro groups is 1. The number of sulfonamides is 1. The summed E-state index contributed by atoms with van der Waals surface area (Å²) in [4.78, 5) is 26.6. The van der Waals surface area contributed by atoms with Gasteiger partial charge in [0.2, 0.25) is 15.9 Å². The molecule has 1 aromatic carbocycles. The third-order valence-corrected chi connectivity index (χ3v) is 6.45. The van der Waals surface area contributed by atoms with Gasteiger partial charge in [-0.25, -0.2) is 13.1 Å². The molecule has 1 aromatic rings. The molecule has 1 heterocycles. The molecule has 2 rings (SSSR count). The third kappa shape index (κ3) is 6.38. The Hall–Kier alpha value is -2.24. The van der Waals surface area contributed by atoms with E-state index >= 15 is 0 Å². The lowest BCUT2D eigenvalue weighted by molar-refractivity contribution is -0.384. The van der Waals surface area contributed by atoms with E-state index in [4.69, 9.17) is 0 Å². The van der Waals surface area contributed by atoms with E-state index in [1.54, 1.807) is 0 Å². The van der Waals surface area contributed by atoms with E-state index in [9.17, 15) is 23.3 Å². The minimum Gasteiger partial charge on any atom is -0.377 e. The van der Waals surface area contributed by atoms with Crippen molar-refractivity contribution >= 4 is 27.3 Å². The van der Waals surface area contributed by atoms with Crippen molar-refractivity contribution in [2.45, 2.75) is 37.6 Å². The molecule has 1 fully saturated rings. The molecule has 0 aromatic heterocycles. The molecular formula is C19H31N5O5S. The number of anilines is 1. The van der Waals surface area contributed by atoms with Gasteiger partial charge in [0.1, 0.15) is 5.69 Å². The molecule has 0 saturated carbocycles. The first kappa shape index (κ1) is 24.0. The minimum atomic E-state index is -3.84. The second-order valence-electron chi connectivity index (χ2n) is 8.04. The van der Waals surface area contributed by atoms with Gasteiger partial charge in [0.25, 0.3) is 5.69 Å². The average molecular weight is 442 g/mol. The van der Waals surface area contributed by atoms with Gasteiger partial charge in [-0.2, -0.15) is 0 Å². The number of carbonyl (C=O) groups is 1. The van der Waals surface area contributed by atoms with Gasteiger partial charge in [-0.15, -0.1) is 0 Å². The van der Waals surface area contributed by atoms with Crippen LogP contribution < -0.4 is 10.0 Å². The first-order valence-corrected chi connectivity index (χ1v) is 11.5. The Labute approximate surface area is 177 Å². The van der Waals surface area contributed by atoms with Crippen LogP contribution in [0.1, 0.15) is 26.7 Å². The summed E-state index contributed by atoms with van der Waals surface area (Å²) < 4.78 is 27.3. The van der Waals surface area contributed by atoms with Crippen LogP contribution in [0.3, 0.4) is 0 Å². The third-order valence-electron chi connectivity index (χ3n) is 4.99. The Bertz CT molecular complexity index is 864. The van der Waals surface area contributed by atoms with Gasteiger partial charge < -0.3 is 15.1 Å². The van der Waals surface area contributed by atoms with Crippen LogP contribution in [-0.4, -0.2) is 75.4 Å². The maximum Gasteiger partial charge on any atom is 0.293 e. The molecule has 11 heteroatoms. The SMILES string of the molecule is CC(C)C(=O)N1CCC(Nc2ccc(S(=O)(=O)NCCN(C)C)cc2[N+](=O)[O-])CC1. The molecule has 1 amide bonds. The van der Waals surface area contributed by atoms with Crippen LogP contribution in [0, 0.1) is 16.0 Å². The second-order valence-corrected chi connectivity index (χ2v) is 9.80. The molecule has 0 unspecified atom stereocenters. The number of carbonyl (C=O) groups excluding carboxylic acids is 1. The van der Waals surface area contributed by atoms with Crippen LogP contribution in [0.5, 0.6) is 0 Å². The number of hydrogen-bond acceptors (Lipinski definition) is 7. The molecule has 0 spiro atoms. The molecule has 1 aliphatic heterocycles. The fourth-order valence-electron chi connectivity index (χ4n) is 3.27. The van der Waals surface area contributed by atoms with Crippen LogP contribution >= 0.6 is 0 Å². The van der Waals surface area contributed by atoms with Crippen molar-refractivity contribution in [1.29, 1.82) is 0 Å². The molecule has 1 aliphatic rings. The zero-order valence-electron chi connectivity index (χ0n) is 17.9. The predicted octanol–water partition coefficient (Wildman–Crippen LogP) is 1.49. The number of nitrogens with one attached hydrogen (secondary N) is 2. The first-order valence-electron chi connectivity index (χ1n) is 9.99. The molecule has 0 aliphatic carbocycles. The Morgan fingerprint density at radius 1 is 1.30 bits per heavy atom. The number of likely N-dealkylation sites (tertiary alicyclic amines) is 1. The quantitative estimate of drug-likeness (QED) is 0.439. The second kappa shape index (κ2) is 10.2. The highest BCUT2D eigenvalue weighted by molar-refractivity contribution is 7.89. The minimum absolute atomic E-state index is 0.0272. The molecular weight excluding hydrogens is 410 g/mol. The fraction of sp³-hybridized carbons (Fsp3) is 0.632. The van der Waals surface area contributed by atoms with Crippen molar-refractivity contribution < 1.29 is 18.1 Å². The zero-order valence-corrected chi connectivity index (χ0v) is 18.7. The van der Waals surface area contributed by atoms with E-state index in [1.807, 2.05) is 37.7 Å². The summed E-state index contributed by atoms with van der Waals surface area (Å²) in [6.07, 6.45) is 1.34. The van der Waals surface area contributed by atoms with Crippen LogP contribution in [0.15, 0.2) is 23.1 Å². The van der Waals surface area contributed by atoms with Crippen molar-refractivity contribution in [2.24, 2.45) is 5.92 Å². The molecule has 2 N–H and O–H groups in total. The van der Waals surface area contributed by atoms with Crippen molar-refractivity contribution in [2.75, 3.05) is 45.6 Å². The van der Waals surface area contributed by atoms with Crippen LogP contribution in [0.2, 0.25) is 0 Å². The smallest absolute Gasteiger partial charge is 0.293 e. The number of rotatable bonds is 9. The van der Waals surface area contributed by atoms with Gasteiger partial charge in [0.05, 0.1) is 9.82 Å². The Morgan fingerprint density at radius 2 is 1.93 bits per heavy atom. The van der Waals surface area contributed by atoms with E-state index in [-0.39, 0.29) is 40.7 Å². The van der Waals surface area contributed by atoms with E-state index in [0.29, 0.717) is 32.5 Å². The van der Waals surface area contributed by atoms with Gasteiger partial charge >= 0.3 is 0 Å². The summed E-state index contributed by atoms with van der Waals surface area (Å²) in [6.45, 7) is 5.62. The number of piperidine rings is 1. The van der Waals surface area contributed by atoms with Gasteiger partial charge in [0, 0.05) is 44.2 Å². The summed E-state index contributed by atoms with van der Waals surface area (Å²) in [5, 5.41) is 14.7. The van der Waals surface area contributed by atoms with Gasteiger partial charge in [-0.05, 0) is 39.1 Å². The van der Waals surface area contributed by atoms with Crippen molar-refractivity contribution in [3.05, 3.63) is 28.3 Å². The number of hydrogen-bond donors (Lipinski definition) is 2. The van der Waals surface area contributed by atoms with E-state index in [1.165, 1.54) is 12.1 Å². The largest absolute Gasteiger partial charge is 0.377 e. The van der Waals surface area contributed by atoms with Crippen LogP contribution in [0.25, 0.3) is 0 Å². The normalized spacial score (nSPS) is 15.6. The highest BCUT2D eigenvalue weighted by atomic mass is 32.2. The molecule has 30 heavy (non-hydrogen) atoms. The van der Waals surface area contributed by atoms with Crippen molar-refractivity contribution in [3.63, 3.8) is 0 Å². The average Bonchev–Trinajstić information content (AvgIpc) is 2.67. The standard InChI is InChI=1S/C19H31N5O5S/c1-14(2)19(25)23-10-7-15(8-11-23)21-17-6-5-16(13-18(17)24(26)27)30(28,29)20-9-12-22(3)4/h5-6,13-15,20-21H,7-12H2,1-4H3. The van der Waals surface area contributed by atoms with Gasteiger partial charge in [0.15, 0.2) is 0 Å². The van der Waals surface area contributed by atoms with Gasteiger partial charge in [-0.1, -0.05) is 13.8 Å². The van der Waals surface area contributed by atoms with Crippen molar-refractivity contribution in [3.8, 4) is 0 Å². The molecule has 10 nitrogen and oxygen atoms in total. The number of likely N-dealkylation sites (N-methyl/N-ethyl adjacent to an activating group) is 1. The molecule has 168 valence electrons. The maximum absolute atomic E-state index is 12.4. The Morgan fingerprint density at radius 3 is 2.47 bits per heavy atom. The number of nitro benzene ring substituents is 1. The monoisotopic (exact) mass is 441 g/mol. The lowest BCUT2D eigenvalue weighted by atomic mass is 10.0. The zero-order chi connectivity index (χ0) is 22.5. The lowest BCUT2D eigenvalue weighted by Gasteiger charge is -2.33. The molecule has 0 radical (unpaired) electrons. The molecule has 1 saturated heterocycles. The lowest BCUT2D eigenvalue weighted by Crippen LogP contribution is -2.44. The summed E-state index contributed by atoms with van der Waals surface area (Å²) >= 11 is 0. The summed E-state index contributed by atoms with van der Waals surface area (Å²) in [5.74, 6) is 0.0483. The maximum atomic E-state index is 12.4. The predicted molar refractivity (Wildman–Crippen MR) is 115 cm³/mol. The summed E-state index contributed by atoms with van der Waals surface area (Å²) in [6, 6.07) is 3.85. The highest BCUT2D eigenvalue weighted by Gasteiger charge is 2.27. The van der Waals surface area contributed by atoms with E-state index in [0.717, 1.165) is 6.07 Å². The summed E-state index contributed by atoms with van der Waals surface area (Å²) in [7, 11) is -0.195. The van der Waals surface area contributed by atoms with Crippen LogP contribution in [-0.2, 0) is 14.8 Å². The number of amides is 1. The topological polar surface area (TPSA) is 125 Å². The first-order chi connectivity index (χ1) is 14.0. The van der Waals surface area contributed by atoms with Crippen molar-refractivity contribution in [1.82, 2.24) is 14.5 Å². The van der Waals surface area contributed by atoms with Crippen LogP contribution in [0.4, 0.5) is 11.4 Å². The molecule has 0 atom stereocenters. The highest BCUT2D eigenvalue weighted by Crippen LogP contribution is 2.29. The van der Waals surface area contributed by atoms with Gasteiger partial charge in [-0.3, -0.25) is 14.9 Å². The number of nitrogens with zero attached hydrogens (tertiary/aromatic N) is 3.